The molecule has 0 aromatic carbocycles. The standard InChI is InChI=1S/C17H20N2O5/c1-5-24-12(20)8-11-13(17(22)23)10(3)15(19(11)4)16(21)14-9(2)6-7-18-14/h6-7,18H,5,8H2,1-4H3,(H,22,23). The van der Waals surface area contributed by atoms with Gasteiger partial charge < -0.3 is 19.4 Å². The van der Waals surface area contributed by atoms with Gasteiger partial charge in [-0.05, 0) is 38.0 Å². The zero-order valence-electron chi connectivity index (χ0n) is 14.1. The highest BCUT2D eigenvalue weighted by Gasteiger charge is 2.29. The number of rotatable bonds is 6. The van der Waals surface area contributed by atoms with Crippen LogP contribution in [0.15, 0.2) is 12.3 Å². The van der Waals surface area contributed by atoms with Crippen molar-refractivity contribution in [1.82, 2.24) is 9.55 Å². The first kappa shape index (κ1) is 17.5. The number of aromatic amines is 1. The second-order valence-corrected chi connectivity index (χ2v) is 5.51. The van der Waals surface area contributed by atoms with Crippen molar-refractivity contribution in [2.24, 2.45) is 7.05 Å². The van der Waals surface area contributed by atoms with E-state index in [0.29, 0.717) is 11.3 Å². The molecule has 2 heterocycles. The van der Waals surface area contributed by atoms with Crippen LogP contribution in [0.2, 0.25) is 0 Å². The van der Waals surface area contributed by atoms with Gasteiger partial charge in [-0.2, -0.15) is 0 Å². The number of hydrogen-bond acceptors (Lipinski definition) is 4. The van der Waals surface area contributed by atoms with Crippen molar-refractivity contribution in [3.8, 4) is 0 Å². The number of ketones is 1. The van der Waals surface area contributed by atoms with Crippen LogP contribution in [0, 0.1) is 13.8 Å². The molecule has 2 aromatic heterocycles. The van der Waals surface area contributed by atoms with Crippen molar-refractivity contribution in [2.75, 3.05) is 6.61 Å². The van der Waals surface area contributed by atoms with E-state index in [1.165, 1.54) is 4.57 Å². The van der Waals surface area contributed by atoms with Crippen molar-refractivity contribution in [3.05, 3.63) is 46.0 Å². The number of hydrogen-bond donors (Lipinski definition) is 2. The minimum atomic E-state index is -1.18. The van der Waals surface area contributed by atoms with E-state index in [2.05, 4.69) is 4.98 Å². The Hall–Kier alpha value is -2.83. The quantitative estimate of drug-likeness (QED) is 0.622. The Bertz CT molecular complexity index is 813. The van der Waals surface area contributed by atoms with E-state index in [9.17, 15) is 19.5 Å². The van der Waals surface area contributed by atoms with Crippen LogP contribution in [0.25, 0.3) is 0 Å². The average Bonchev–Trinajstić information content (AvgIpc) is 3.01. The first-order chi connectivity index (χ1) is 11.3. The van der Waals surface area contributed by atoms with Crippen LogP contribution in [0.5, 0.6) is 0 Å². The Morgan fingerprint density at radius 2 is 1.96 bits per heavy atom. The Morgan fingerprint density at radius 1 is 1.29 bits per heavy atom. The molecule has 0 aliphatic heterocycles. The molecule has 2 rings (SSSR count). The largest absolute Gasteiger partial charge is 0.478 e. The van der Waals surface area contributed by atoms with E-state index >= 15 is 0 Å². The fraction of sp³-hybridized carbons (Fsp3) is 0.353. The number of nitrogens with one attached hydrogen (secondary N) is 1. The predicted octanol–water partition coefficient (Wildman–Crippen LogP) is 2.00. The van der Waals surface area contributed by atoms with Gasteiger partial charge in [0, 0.05) is 18.9 Å². The van der Waals surface area contributed by atoms with E-state index in [-0.39, 0.29) is 35.8 Å². The van der Waals surface area contributed by atoms with Gasteiger partial charge in [-0.1, -0.05) is 0 Å². The van der Waals surface area contributed by atoms with Crippen LogP contribution in [0.4, 0.5) is 0 Å². The monoisotopic (exact) mass is 332 g/mol. The molecule has 0 spiro atoms. The third-order valence-corrected chi connectivity index (χ3v) is 3.99. The Kier molecular flexibility index (Phi) is 4.92. The van der Waals surface area contributed by atoms with E-state index in [4.69, 9.17) is 4.74 Å². The molecule has 7 heteroatoms. The SMILES string of the molecule is CCOC(=O)Cc1c(C(=O)O)c(C)c(C(=O)c2[nH]ccc2C)n1C. The summed E-state index contributed by atoms with van der Waals surface area (Å²) in [4.78, 5) is 39.1. The van der Waals surface area contributed by atoms with Gasteiger partial charge in [0.05, 0.1) is 30.0 Å². The summed E-state index contributed by atoms with van der Waals surface area (Å²) in [6.45, 7) is 5.25. The molecule has 2 aromatic rings. The Labute approximate surface area is 139 Å². The number of nitrogens with zero attached hydrogens (tertiary/aromatic N) is 1. The summed E-state index contributed by atoms with van der Waals surface area (Å²) in [7, 11) is 1.58. The van der Waals surface area contributed by atoms with E-state index in [1.807, 2.05) is 0 Å². The molecular weight excluding hydrogens is 312 g/mol. The van der Waals surface area contributed by atoms with E-state index in [0.717, 1.165) is 5.56 Å². The summed E-state index contributed by atoms with van der Waals surface area (Å²) >= 11 is 0. The molecular formula is C17H20N2O5. The smallest absolute Gasteiger partial charge is 0.337 e. The van der Waals surface area contributed by atoms with Crippen LogP contribution in [-0.2, 0) is 23.0 Å². The minimum Gasteiger partial charge on any atom is -0.478 e. The fourth-order valence-corrected chi connectivity index (χ4v) is 2.86. The zero-order valence-corrected chi connectivity index (χ0v) is 14.1. The molecule has 0 radical (unpaired) electrons. The number of carboxylic acid groups (broad SMARTS) is 1. The predicted molar refractivity (Wildman–Crippen MR) is 86.4 cm³/mol. The molecule has 0 amide bonds. The van der Waals surface area contributed by atoms with E-state index < -0.39 is 11.9 Å². The van der Waals surface area contributed by atoms with Crippen LogP contribution >= 0.6 is 0 Å². The number of carboxylic acids is 1. The number of carbonyl (C=O) groups is 3. The number of aromatic nitrogens is 2. The van der Waals surface area contributed by atoms with Gasteiger partial charge in [0.1, 0.15) is 0 Å². The van der Waals surface area contributed by atoms with Crippen LogP contribution < -0.4 is 0 Å². The van der Waals surface area contributed by atoms with Gasteiger partial charge in [0.25, 0.3) is 0 Å². The van der Waals surface area contributed by atoms with Gasteiger partial charge in [-0.25, -0.2) is 4.79 Å². The molecule has 0 atom stereocenters. The average molecular weight is 332 g/mol. The number of ether oxygens (including phenoxy) is 1. The summed E-state index contributed by atoms with van der Waals surface area (Å²) in [5.74, 6) is -2.02. The molecule has 0 unspecified atom stereocenters. The molecule has 0 saturated heterocycles. The molecule has 0 aliphatic rings. The van der Waals surface area contributed by atoms with Gasteiger partial charge in [0.2, 0.25) is 5.78 Å². The normalized spacial score (nSPS) is 10.7. The second-order valence-electron chi connectivity index (χ2n) is 5.51. The maximum absolute atomic E-state index is 12.8. The van der Waals surface area contributed by atoms with Gasteiger partial charge in [-0.3, -0.25) is 9.59 Å². The Morgan fingerprint density at radius 3 is 2.46 bits per heavy atom. The summed E-state index contributed by atoms with van der Waals surface area (Å²) in [6.07, 6.45) is 1.45. The first-order valence-electron chi connectivity index (χ1n) is 7.55. The number of aromatic carboxylic acids is 1. The number of esters is 1. The second kappa shape index (κ2) is 6.74. The lowest BCUT2D eigenvalue weighted by molar-refractivity contribution is -0.142. The number of carbonyl (C=O) groups excluding carboxylic acids is 2. The zero-order chi connectivity index (χ0) is 18.0. The lowest BCUT2D eigenvalue weighted by Crippen LogP contribution is -2.15. The third kappa shape index (κ3) is 2.97. The highest BCUT2D eigenvalue weighted by Crippen LogP contribution is 2.25. The van der Waals surface area contributed by atoms with Crippen LogP contribution in [0.1, 0.15) is 50.3 Å². The van der Waals surface area contributed by atoms with Crippen molar-refractivity contribution in [2.45, 2.75) is 27.2 Å². The van der Waals surface area contributed by atoms with Crippen LogP contribution in [-0.4, -0.2) is 39.0 Å². The number of aryl methyl sites for hydroxylation is 1. The third-order valence-electron chi connectivity index (χ3n) is 3.99. The first-order valence-corrected chi connectivity index (χ1v) is 7.55. The summed E-state index contributed by atoms with van der Waals surface area (Å²) in [6, 6.07) is 1.77. The Balaban J connectivity index is 2.58. The van der Waals surface area contributed by atoms with Gasteiger partial charge in [0.15, 0.2) is 0 Å². The van der Waals surface area contributed by atoms with Crippen molar-refractivity contribution in [3.63, 3.8) is 0 Å². The van der Waals surface area contributed by atoms with Crippen molar-refractivity contribution >= 4 is 17.7 Å². The van der Waals surface area contributed by atoms with Gasteiger partial charge >= 0.3 is 11.9 Å². The minimum absolute atomic E-state index is 0.0295. The maximum Gasteiger partial charge on any atom is 0.337 e. The topological polar surface area (TPSA) is 101 Å². The summed E-state index contributed by atoms with van der Waals surface area (Å²) in [5.41, 5.74) is 1.98. The molecule has 2 N–H and O–H groups in total. The molecule has 7 nitrogen and oxygen atoms in total. The molecule has 0 fully saturated rings. The molecule has 0 aliphatic carbocycles. The maximum atomic E-state index is 12.8. The lowest BCUT2D eigenvalue weighted by atomic mass is 10.0. The van der Waals surface area contributed by atoms with Gasteiger partial charge in [-0.15, -0.1) is 0 Å². The summed E-state index contributed by atoms with van der Waals surface area (Å²) in [5, 5.41) is 9.51. The highest BCUT2D eigenvalue weighted by molar-refractivity contribution is 6.10. The van der Waals surface area contributed by atoms with Crippen molar-refractivity contribution in [1.29, 1.82) is 0 Å². The van der Waals surface area contributed by atoms with Crippen molar-refractivity contribution < 1.29 is 24.2 Å². The molecule has 0 saturated carbocycles. The van der Waals surface area contributed by atoms with E-state index in [1.54, 1.807) is 40.1 Å². The summed E-state index contributed by atoms with van der Waals surface area (Å²) < 4.78 is 6.37. The molecule has 24 heavy (non-hydrogen) atoms. The molecule has 0 bridgehead atoms. The lowest BCUT2D eigenvalue weighted by Gasteiger charge is -2.08. The highest BCUT2D eigenvalue weighted by atomic mass is 16.5. The number of H-pyrrole nitrogens is 1. The molecule has 128 valence electrons. The van der Waals surface area contributed by atoms with Crippen LogP contribution in [0.3, 0.4) is 0 Å². The fourth-order valence-electron chi connectivity index (χ4n) is 2.86.